The standard InChI is InChI=1S/C15H14F2N2O3S/c1-9(10-2-4-14(5-3-10)23(18,21)22)19-15(20)11-6-12(16)8-13(17)7-11/h2-9H,1H3,(H,19,20)(H2,18,21,22). The highest BCUT2D eigenvalue weighted by Gasteiger charge is 2.14. The fraction of sp³-hybridized carbons (Fsp3) is 0.133. The van der Waals surface area contributed by atoms with Gasteiger partial charge in [0.1, 0.15) is 11.6 Å². The van der Waals surface area contributed by atoms with Gasteiger partial charge >= 0.3 is 0 Å². The molecule has 5 nitrogen and oxygen atoms in total. The summed E-state index contributed by atoms with van der Waals surface area (Å²) in [6.45, 7) is 1.65. The third kappa shape index (κ3) is 4.33. The average molecular weight is 340 g/mol. The van der Waals surface area contributed by atoms with Crippen molar-refractivity contribution < 1.29 is 22.0 Å². The van der Waals surface area contributed by atoms with Gasteiger partial charge < -0.3 is 5.32 Å². The number of benzene rings is 2. The van der Waals surface area contributed by atoms with E-state index in [9.17, 15) is 22.0 Å². The molecular weight excluding hydrogens is 326 g/mol. The molecule has 0 aromatic heterocycles. The number of halogens is 2. The molecule has 0 saturated heterocycles. The molecule has 2 aromatic carbocycles. The van der Waals surface area contributed by atoms with E-state index in [2.05, 4.69) is 5.32 Å². The molecule has 8 heteroatoms. The first-order chi connectivity index (χ1) is 10.7. The minimum Gasteiger partial charge on any atom is -0.346 e. The largest absolute Gasteiger partial charge is 0.346 e. The van der Waals surface area contributed by atoms with Crippen LogP contribution in [0.3, 0.4) is 0 Å². The van der Waals surface area contributed by atoms with Gasteiger partial charge in [0.25, 0.3) is 5.91 Å². The summed E-state index contributed by atoms with van der Waals surface area (Å²) in [5.74, 6) is -2.34. The minimum absolute atomic E-state index is 0.0491. The lowest BCUT2D eigenvalue weighted by Gasteiger charge is -2.15. The zero-order chi connectivity index (χ0) is 17.2. The van der Waals surface area contributed by atoms with Gasteiger partial charge in [-0.15, -0.1) is 0 Å². The van der Waals surface area contributed by atoms with Crippen molar-refractivity contribution in [3.8, 4) is 0 Å². The Morgan fingerprint density at radius 1 is 1.09 bits per heavy atom. The summed E-state index contributed by atoms with van der Waals surface area (Å²) >= 11 is 0. The van der Waals surface area contributed by atoms with Crippen molar-refractivity contribution in [1.82, 2.24) is 5.32 Å². The molecule has 0 bridgehead atoms. The molecule has 3 N–H and O–H groups in total. The predicted octanol–water partition coefficient (Wildman–Crippen LogP) is 2.10. The molecule has 1 amide bonds. The molecule has 0 saturated carbocycles. The lowest BCUT2D eigenvalue weighted by molar-refractivity contribution is 0.0939. The molecule has 0 radical (unpaired) electrons. The molecule has 1 unspecified atom stereocenters. The molecule has 0 aliphatic carbocycles. The smallest absolute Gasteiger partial charge is 0.251 e. The molecule has 0 heterocycles. The van der Waals surface area contributed by atoms with E-state index in [0.29, 0.717) is 11.6 Å². The summed E-state index contributed by atoms with van der Waals surface area (Å²) in [5, 5.41) is 7.57. The van der Waals surface area contributed by atoms with Crippen LogP contribution in [0.25, 0.3) is 0 Å². The number of carbonyl (C=O) groups is 1. The highest BCUT2D eigenvalue weighted by atomic mass is 32.2. The summed E-state index contributed by atoms with van der Waals surface area (Å²) < 4.78 is 48.6. The van der Waals surface area contributed by atoms with E-state index in [1.807, 2.05) is 0 Å². The monoisotopic (exact) mass is 340 g/mol. The summed E-state index contributed by atoms with van der Waals surface area (Å²) in [5.41, 5.74) is 0.470. The van der Waals surface area contributed by atoms with Crippen molar-refractivity contribution in [3.63, 3.8) is 0 Å². The van der Waals surface area contributed by atoms with E-state index < -0.39 is 33.6 Å². The van der Waals surface area contributed by atoms with E-state index in [1.165, 1.54) is 24.3 Å². The Hall–Kier alpha value is -2.32. The van der Waals surface area contributed by atoms with Crippen LogP contribution in [0.5, 0.6) is 0 Å². The van der Waals surface area contributed by atoms with Crippen molar-refractivity contribution in [3.05, 3.63) is 65.2 Å². The Morgan fingerprint density at radius 2 is 1.61 bits per heavy atom. The number of hydrogen-bond donors (Lipinski definition) is 2. The molecule has 0 fully saturated rings. The van der Waals surface area contributed by atoms with Crippen LogP contribution in [0, 0.1) is 11.6 Å². The number of nitrogens with one attached hydrogen (secondary N) is 1. The highest BCUT2D eigenvalue weighted by molar-refractivity contribution is 7.89. The number of carbonyl (C=O) groups excluding carboxylic acids is 1. The highest BCUT2D eigenvalue weighted by Crippen LogP contribution is 2.16. The van der Waals surface area contributed by atoms with Gasteiger partial charge in [-0.05, 0) is 36.8 Å². The fourth-order valence-corrected chi connectivity index (χ4v) is 2.51. The van der Waals surface area contributed by atoms with E-state index in [0.717, 1.165) is 12.1 Å². The molecular formula is C15H14F2N2O3S. The van der Waals surface area contributed by atoms with Gasteiger partial charge in [0.15, 0.2) is 0 Å². The lowest BCUT2D eigenvalue weighted by Crippen LogP contribution is -2.27. The minimum atomic E-state index is -3.79. The Morgan fingerprint density at radius 3 is 2.09 bits per heavy atom. The predicted molar refractivity (Wildman–Crippen MR) is 80.1 cm³/mol. The maximum absolute atomic E-state index is 13.1. The van der Waals surface area contributed by atoms with Gasteiger partial charge in [0, 0.05) is 11.6 Å². The van der Waals surface area contributed by atoms with Gasteiger partial charge in [0.2, 0.25) is 10.0 Å². The van der Waals surface area contributed by atoms with Crippen molar-refractivity contribution >= 4 is 15.9 Å². The molecule has 0 aliphatic rings. The van der Waals surface area contributed by atoms with Gasteiger partial charge in [-0.1, -0.05) is 12.1 Å². The fourth-order valence-electron chi connectivity index (χ4n) is 1.99. The van der Waals surface area contributed by atoms with Gasteiger partial charge in [-0.3, -0.25) is 4.79 Å². The second-order valence-electron chi connectivity index (χ2n) is 4.97. The zero-order valence-corrected chi connectivity index (χ0v) is 12.9. The van der Waals surface area contributed by atoms with Crippen LogP contribution in [0.2, 0.25) is 0 Å². The summed E-state index contributed by atoms with van der Waals surface area (Å²) in [6, 6.07) is 7.65. The number of amides is 1. The topological polar surface area (TPSA) is 89.3 Å². The lowest BCUT2D eigenvalue weighted by atomic mass is 10.1. The first-order valence-electron chi connectivity index (χ1n) is 6.56. The number of sulfonamides is 1. The van der Waals surface area contributed by atoms with Gasteiger partial charge in [-0.25, -0.2) is 22.3 Å². The van der Waals surface area contributed by atoms with Crippen LogP contribution in [0.1, 0.15) is 28.9 Å². The number of primary sulfonamides is 1. The number of rotatable bonds is 4. The first kappa shape index (κ1) is 17.0. The average Bonchev–Trinajstić information content (AvgIpc) is 2.45. The Balaban J connectivity index is 2.15. The second-order valence-corrected chi connectivity index (χ2v) is 6.53. The Labute approximate surface area is 132 Å². The van der Waals surface area contributed by atoms with Crippen molar-refractivity contribution in [2.75, 3.05) is 0 Å². The van der Waals surface area contributed by atoms with Crippen molar-refractivity contribution in [2.24, 2.45) is 5.14 Å². The van der Waals surface area contributed by atoms with Crippen LogP contribution in [-0.4, -0.2) is 14.3 Å². The molecule has 122 valence electrons. The third-order valence-electron chi connectivity index (χ3n) is 3.18. The normalized spacial score (nSPS) is 12.7. The third-order valence-corrected chi connectivity index (χ3v) is 4.11. The second kappa shape index (κ2) is 6.43. The Kier molecular flexibility index (Phi) is 4.76. The van der Waals surface area contributed by atoms with Crippen molar-refractivity contribution in [1.29, 1.82) is 0 Å². The quantitative estimate of drug-likeness (QED) is 0.893. The van der Waals surface area contributed by atoms with Gasteiger partial charge in [0.05, 0.1) is 10.9 Å². The number of nitrogens with two attached hydrogens (primary N) is 1. The summed E-state index contributed by atoms with van der Waals surface area (Å²) in [6.07, 6.45) is 0. The van der Waals surface area contributed by atoms with Crippen molar-refractivity contribution in [2.45, 2.75) is 17.9 Å². The maximum atomic E-state index is 13.1. The van der Waals surface area contributed by atoms with Crippen LogP contribution in [-0.2, 0) is 10.0 Å². The molecule has 0 spiro atoms. The summed E-state index contributed by atoms with van der Waals surface area (Å²) in [4.78, 5) is 11.9. The Bertz CT molecular complexity index is 816. The number of hydrogen-bond acceptors (Lipinski definition) is 3. The molecule has 2 aromatic rings. The summed E-state index contributed by atoms with van der Waals surface area (Å²) in [7, 11) is -3.79. The zero-order valence-electron chi connectivity index (χ0n) is 12.1. The van der Waals surface area contributed by atoms with E-state index in [1.54, 1.807) is 6.92 Å². The molecule has 0 aliphatic heterocycles. The molecule has 23 heavy (non-hydrogen) atoms. The van der Waals surface area contributed by atoms with E-state index in [-0.39, 0.29) is 10.5 Å². The van der Waals surface area contributed by atoms with E-state index in [4.69, 9.17) is 5.14 Å². The van der Waals surface area contributed by atoms with Crippen LogP contribution in [0.15, 0.2) is 47.4 Å². The van der Waals surface area contributed by atoms with Crippen LogP contribution in [0.4, 0.5) is 8.78 Å². The molecule has 1 atom stereocenters. The van der Waals surface area contributed by atoms with Crippen LogP contribution < -0.4 is 10.5 Å². The van der Waals surface area contributed by atoms with E-state index >= 15 is 0 Å². The SMILES string of the molecule is CC(NC(=O)c1cc(F)cc(F)c1)c1ccc(S(N)(=O)=O)cc1. The van der Waals surface area contributed by atoms with Crippen LogP contribution >= 0.6 is 0 Å². The molecule has 2 rings (SSSR count). The van der Waals surface area contributed by atoms with Gasteiger partial charge in [-0.2, -0.15) is 0 Å². The first-order valence-corrected chi connectivity index (χ1v) is 8.11. The maximum Gasteiger partial charge on any atom is 0.251 e.